The molecule has 4 heterocycles. The minimum absolute atomic E-state index is 0.159. The Morgan fingerprint density at radius 3 is 1.41 bits per heavy atom. The monoisotopic (exact) mass is 1040 g/mol. The first-order valence-electron chi connectivity index (χ1n) is 23.5. The Morgan fingerprint density at radius 1 is 0.603 bits per heavy atom. The van der Waals surface area contributed by atoms with Crippen molar-refractivity contribution >= 4 is 90.4 Å². The SMILES string of the molecule is CC(C)(C)OC(=O)N[C@H](CCc1ccccc1)C(=O)O.C[C@H](N)C(=O)NCc1cc2c(N)nccc2s1.C[C@H](NC(=O)[C@@H](CCc1ccccc1)NC(=O)OC(C)(C)C)C(=O)NCc1cc2c(N)nccc2s1. The molecule has 73 heavy (non-hydrogen) atoms. The normalized spacial score (nSPS) is 12.8. The van der Waals surface area contributed by atoms with Crippen LogP contribution in [0.4, 0.5) is 21.2 Å². The first kappa shape index (κ1) is 58.2. The maximum atomic E-state index is 13.0. The zero-order chi connectivity index (χ0) is 53.9. The molecule has 4 atom stereocenters. The number of fused-ring (bicyclic) bond motifs is 2. The molecule has 6 aromatic rings. The van der Waals surface area contributed by atoms with E-state index in [1.165, 1.54) is 11.3 Å². The Kier molecular flexibility index (Phi) is 21.9. The Labute approximate surface area is 433 Å². The zero-order valence-electron chi connectivity index (χ0n) is 42.4. The Bertz CT molecular complexity index is 2770. The number of benzene rings is 2. The fraction of sp³-hybridized carbons (Fsp3) is 0.385. The number of carboxylic acids is 1. The number of nitrogens with one attached hydrogen (secondary N) is 5. The van der Waals surface area contributed by atoms with Crippen LogP contribution in [0.2, 0.25) is 0 Å². The van der Waals surface area contributed by atoms with E-state index in [0.29, 0.717) is 50.4 Å². The van der Waals surface area contributed by atoms with Crippen molar-refractivity contribution in [3.05, 3.63) is 118 Å². The van der Waals surface area contributed by atoms with E-state index in [4.69, 9.17) is 31.8 Å². The second kappa shape index (κ2) is 27.5. The lowest BCUT2D eigenvalue weighted by molar-refractivity contribution is -0.139. The van der Waals surface area contributed by atoms with E-state index in [0.717, 1.165) is 41.1 Å². The topological polar surface area (TPSA) is 305 Å². The van der Waals surface area contributed by atoms with Gasteiger partial charge in [-0.15, -0.1) is 22.7 Å². The number of nitrogens with zero attached hydrogens (tertiary/aromatic N) is 2. The number of rotatable bonds is 17. The molecule has 0 unspecified atom stereocenters. The van der Waals surface area contributed by atoms with Crippen LogP contribution in [-0.2, 0) is 54.6 Å². The van der Waals surface area contributed by atoms with Gasteiger partial charge in [0, 0.05) is 42.3 Å². The molecule has 6 rings (SSSR count). The quantitative estimate of drug-likeness (QED) is 0.0446. The Hall–Kier alpha value is -7.36. The number of hydrogen-bond acceptors (Lipinski definition) is 15. The number of hydrogen-bond donors (Lipinski definition) is 9. The predicted molar refractivity (Wildman–Crippen MR) is 286 cm³/mol. The number of aryl methyl sites for hydroxylation is 2. The highest BCUT2D eigenvalue weighted by Crippen LogP contribution is 2.29. The lowest BCUT2D eigenvalue weighted by Crippen LogP contribution is -2.53. The van der Waals surface area contributed by atoms with Crippen LogP contribution in [0.3, 0.4) is 0 Å². The molecule has 0 saturated heterocycles. The molecule has 0 aliphatic rings. The number of ether oxygens (including phenoxy) is 2. The Balaban J connectivity index is 0.000000262. The summed E-state index contributed by atoms with van der Waals surface area (Å²) in [5, 5.41) is 24.2. The fourth-order valence-electron chi connectivity index (χ4n) is 6.63. The van der Waals surface area contributed by atoms with Crippen molar-refractivity contribution < 1.29 is 43.3 Å². The molecule has 0 fully saturated rings. The summed E-state index contributed by atoms with van der Waals surface area (Å²) in [6.07, 6.45) is 3.74. The molecule has 2 aromatic carbocycles. The number of carbonyl (C=O) groups is 6. The number of amides is 5. The first-order valence-corrected chi connectivity index (χ1v) is 25.2. The zero-order valence-corrected chi connectivity index (χ0v) is 44.1. The van der Waals surface area contributed by atoms with Crippen molar-refractivity contribution in [3.8, 4) is 0 Å². The number of aromatic nitrogens is 2. The maximum absolute atomic E-state index is 13.0. The van der Waals surface area contributed by atoms with E-state index in [9.17, 15) is 28.8 Å². The van der Waals surface area contributed by atoms with Gasteiger partial charge >= 0.3 is 18.2 Å². The van der Waals surface area contributed by atoms with Gasteiger partial charge in [0.25, 0.3) is 0 Å². The molecule has 0 aliphatic carbocycles. The summed E-state index contributed by atoms with van der Waals surface area (Å²) in [5.41, 5.74) is 17.8. The highest BCUT2D eigenvalue weighted by molar-refractivity contribution is 7.19. The summed E-state index contributed by atoms with van der Waals surface area (Å²) in [5.74, 6) is -1.06. The van der Waals surface area contributed by atoms with Crippen LogP contribution in [0.5, 0.6) is 0 Å². The molecule has 0 aliphatic heterocycles. The van der Waals surface area contributed by atoms with Gasteiger partial charge in [-0.3, -0.25) is 14.4 Å². The number of aliphatic carboxylic acids is 1. The minimum Gasteiger partial charge on any atom is -0.480 e. The number of anilines is 2. The summed E-state index contributed by atoms with van der Waals surface area (Å²) in [6.45, 7) is 14.5. The molecule has 0 saturated carbocycles. The van der Waals surface area contributed by atoms with Crippen LogP contribution < -0.4 is 43.8 Å². The van der Waals surface area contributed by atoms with E-state index in [1.54, 1.807) is 79.1 Å². The third-order valence-corrected chi connectivity index (χ3v) is 12.4. The van der Waals surface area contributed by atoms with Crippen molar-refractivity contribution in [2.75, 3.05) is 11.5 Å². The van der Waals surface area contributed by atoms with Crippen LogP contribution in [0.1, 0.15) is 89.1 Å². The van der Waals surface area contributed by atoms with E-state index in [2.05, 4.69) is 36.6 Å². The van der Waals surface area contributed by atoms with Gasteiger partial charge < -0.3 is 58.4 Å². The lowest BCUT2D eigenvalue weighted by atomic mass is 10.0. The lowest BCUT2D eigenvalue weighted by Gasteiger charge is -2.24. The predicted octanol–water partition coefficient (Wildman–Crippen LogP) is 6.96. The average Bonchev–Trinajstić information content (AvgIpc) is 3.95. The van der Waals surface area contributed by atoms with Gasteiger partial charge in [0.1, 0.15) is 41.0 Å². The van der Waals surface area contributed by atoms with Crippen LogP contribution in [-0.4, -0.2) is 86.3 Å². The third-order valence-electron chi connectivity index (χ3n) is 10.2. The standard InChI is InChI=1S/C26H33N5O4S.C15H21NO4.C11H14N4OS/c1-16(23(32)29-15-18-14-19-21(36-18)12-13-28-22(19)27)30-24(33)20(31-25(34)35-26(2,3)4)11-10-17-8-6-5-7-9-17;1-15(2,3)20-14(19)16-12(13(17)18)10-9-11-7-5-4-6-8-11;1-6(12)11(16)15-5-7-4-8-9(17-7)2-3-14-10(8)13/h5-9,12-14,16,20H,10-11,15H2,1-4H3,(H2,27,28)(H,29,32)(H,30,33)(H,31,34);4-8,12H,9-10H2,1-3H3,(H,16,19)(H,17,18);2-4,6H,5,12H2,1H3,(H2,13,14)(H,15,16)/t16-,20+;12-;6-/m010/s1. The Morgan fingerprint density at radius 2 is 1.01 bits per heavy atom. The van der Waals surface area contributed by atoms with Crippen LogP contribution in [0.15, 0.2) is 97.3 Å². The summed E-state index contributed by atoms with van der Waals surface area (Å²) >= 11 is 3.11. The fourth-order valence-corrected chi connectivity index (χ4v) is 8.64. The number of nitrogen functional groups attached to an aromatic ring is 2. The number of nitrogens with two attached hydrogens (primary N) is 3. The van der Waals surface area contributed by atoms with Crippen molar-refractivity contribution in [1.82, 2.24) is 36.6 Å². The number of thiophene rings is 2. The van der Waals surface area contributed by atoms with E-state index >= 15 is 0 Å². The van der Waals surface area contributed by atoms with Gasteiger partial charge in [-0.25, -0.2) is 24.4 Å². The molecule has 0 bridgehead atoms. The van der Waals surface area contributed by atoms with Gasteiger partial charge in [0.15, 0.2) is 0 Å². The number of carbonyl (C=O) groups excluding carboxylic acids is 5. The first-order chi connectivity index (χ1) is 34.4. The van der Waals surface area contributed by atoms with Crippen molar-refractivity contribution in [1.29, 1.82) is 0 Å². The molecular weight excluding hydrogens is 973 g/mol. The van der Waals surface area contributed by atoms with Crippen molar-refractivity contribution in [3.63, 3.8) is 0 Å². The highest BCUT2D eigenvalue weighted by atomic mass is 32.1. The summed E-state index contributed by atoms with van der Waals surface area (Å²) < 4.78 is 12.4. The average molecular weight is 1040 g/mol. The second-order valence-corrected chi connectivity index (χ2v) is 21.2. The smallest absolute Gasteiger partial charge is 0.408 e. The molecule has 21 heteroatoms. The summed E-state index contributed by atoms with van der Waals surface area (Å²) in [7, 11) is 0. The van der Waals surface area contributed by atoms with Crippen LogP contribution >= 0.6 is 22.7 Å². The minimum atomic E-state index is -1.06. The number of pyridine rings is 2. The van der Waals surface area contributed by atoms with Gasteiger partial charge in [-0.1, -0.05) is 60.7 Å². The molecule has 0 radical (unpaired) electrons. The molecule has 0 spiro atoms. The van der Waals surface area contributed by atoms with Gasteiger partial charge in [-0.2, -0.15) is 0 Å². The molecule has 392 valence electrons. The van der Waals surface area contributed by atoms with Gasteiger partial charge in [0.2, 0.25) is 17.7 Å². The van der Waals surface area contributed by atoms with E-state index in [1.807, 2.05) is 84.9 Å². The van der Waals surface area contributed by atoms with Crippen molar-refractivity contribution in [2.24, 2.45) is 5.73 Å². The van der Waals surface area contributed by atoms with E-state index < -0.39 is 59.4 Å². The van der Waals surface area contributed by atoms with Gasteiger partial charge in [0.05, 0.1) is 19.1 Å². The maximum Gasteiger partial charge on any atom is 0.408 e. The molecule has 12 N–H and O–H groups in total. The largest absolute Gasteiger partial charge is 0.480 e. The summed E-state index contributed by atoms with van der Waals surface area (Å²) in [4.78, 5) is 82.2. The number of alkyl carbamates (subject to hydrolysis) is 2. The van der Waals surface area contributed by atoms with Crippen LogP contribution in [0, 0.1) is 0 Å². The summed E-state index contributed by atoms with van der Waals surface area (Å²) in [6, 6.07) is 23.7. The third kappa shape index (κ3) is 20.7. The molecular formula is C52H68N10O9S2. The molecule has 5 amide bonds. The highest BCUT2D eigenvalue weighted by Gasteiger charge is 2.27. The molecule has 19 nitrogen and oxygen atoms in total. The van der Waals surface area contributed by atoms with Crippen LogP contribution in [0.25, 0.3) is 20.2 Å². The molecule has 4 aromatic heterocycles. The number of carboxylic acid groups (broad SMARTS) is 1. The van der Waals surface area contributed by atoms with Gasteiger partial charge in [-0.05, 0) is 116 Å². The van der Waals surface area contributed by atoms with E-state index in [-0.39, 0.29) is 11.8 Å². The van der Waals surface area contributed by atoms with Crippen molar-refractivity contribution in [2.45, 2.75) is 130 Å². The second-order valence-electron chi connectivity index (χ2n) is 18.9.